The molecule has 1 aliphatic carbocycles. The van der Waals surface area contributed by atoms with Gasteiger partial charge in [-0.15, -0.1) is 11.3 Å². The standard InChI is InChI=1S/C14H20ClNO3S2/c1-10-12(21(15,18)19)8-11(20-10)13(17)16-9-14(2)6-4-3-5-7-14/h8H,3-7,9H2,1-2H3,(H,16,17). The lowest BCUT2D eigenvalue weighted by molar-refractivity contribution is 0.0923. The molecule has 1 aromatic rings. The summed E-state index contributed by atoms with van der Waals surface area (Å²) in [5.74, 6) is -0.221. The minimum Gasteiger partial charge on any atom is -0.351 e. The summed E-state index contributed by atoms with van der Waals surface area (Å²) in [6.07, 6.45) is 5.93. The summed E-state index contributed by atoms with van der Waals surface area (Å²) in [5, 5.41) is 2.93. The first-order chi connectivity index (χ1) is 9.71. The van der Waals surface area contributed by atoms with Crippen molar-refractivity contribution in [2.75, 3.05) is 6.54 Å². The molecule has 0 aromatic carbocycles. The second-order valence-electron chi connectivity index (χ2n) is 6.02. The number of nitrogens with one attached hydrogen (secondary N) is 1. The van der Waals surface area contributed by atoms with E-state index >= 15 is 0 Å². The molecule has 1 fully saturated rings. The Labute approximate surface area is 134 Å². The number of halogens is 1. The van der Waals surface area contributed by atoms with Gasteiger partial charge in [0.25, 0.3) is 15.0 Å². The fourth-order valence-electron chi connectivity index (χ4n) is 2.78. The van der Waals surface area contributed by atoms with Crippen LogP contribution in [-0.4, -0.2) is 20.9 Å². The van der Waals surface area contributed by atoms with E-state index in [9.17, 15) is 13.2 Å². The highest BCUT2D eigenvalue weighted by Crippen LogP contribution is 2.35. The van der Waals surface area contributed by atoms with Gasteiger partial charge in [-0.25, -0.2) is 8.42 Å². The Kier molecular flexibility index (Phi) is 5.00. The van der Waals surface area contributed by atoms with E-state index in [0.717, 1.165) is 24.2 Å². The molecule has 0 spiro atoms. The van der Waals surface area contributed by atoms with Crippen molar-refractivity contribution in [1.82, 2.24) is 5.32 Å². The maximum Gasteiger partial charge on any atom is 0.262 e. The van der Waals surface area contributed by atoms with Gasteiger partial charge in [0.1, 0.15) is 0 Å². The molecule has 0 saturated heterocycles. The fourth-order valence-corrected chi connectivity index (χ4v) is 5.36. The second kappa shape index (κ2) is 6.26. The van der Waals surface area contributed by atoms with Crippen molar-refractivity contribution in [3.63, 3.8) is 0 Å². The van der Waals surface area contributed by atoms with Gasteiger partial charge in [0, 0.05) is 22.1 Å². The van der Waals surface area contributed by atoms with Crippen LogP contribution in [0.2, 0.25) is 0 Å². The van der Waals surface area contributed by atoms with Crippen LogP contribution in [-0.2, 0) is 9.05 Å². The molecule has 21 heavy (non-hydrogen) atoms. The lowest BCUT2D eigenvalue weighted by atomic mass is 9.76. The van der Waals surface area contributed by atoms with Crippen LogP contribution in [0.15, 0.2) is 11.0 Å². The molecule has 118 valence electrons. The lowest BCUT2D eigenvalue weighted by Crippen LogP contribution is -2.36. The topological polar surface area (TPSA) is 63.2 Å². The summed E-state index contributed by atoms with van der Waals surface area (Å²) < 4.78 is 22.8. The molecule has 0 unspecified atom stereocenters. The van der Waals surface area contributed by atoms with E-state index < -0.39 is 9.05 Å². The van der Waals surface area contributed by atoms with Gasteiger partial charge in [-0.3, -0.25) is 4.79 Å². The number of hydrogen-bond donors (Lipinski definition) is 1. The highest BCUT2D eigenvalue weighted by molar-refractivity contribution is 8.13. The Bertz CT molecular complexity index is 631. The SMILES string of the molecule is Cc1sc(C(=O)NCC2(C)CCCCC2)cc1S(=O)(=O)Cl. The van der Waals surface area contributed by atoms with Gasteiger partial charge in [-0.1, -0.05) is 26.2 Å². The third-order valence-corrected chi connectivity index (χ3v) is 6.72. The first-order valence-electron chi connectivity index (χ1n) is 7.05. The molecular weight excluding hydrogens is 330 g/mol. The minimum absolute atomic E-state index is 0.0307. The van der Waals surface area contributed by atoms with E-state index in [1.54, 1.807) is 6.92 Å². The predicted octanol–water partition coefficient (Wildman–Crippen LogP) is 3.68. The van der Waals surface area contributed by atoms with Crippen molar-refractivity contribution in [1.29, 1.82) is 0 Å². The number of hydrogen-bond acceptors (Lipinski definition) is 4. The molecular formula is C14H20ClNO3S2. The van der Waals surface area contributed by atoms with E-state index in [-0.39, 0.29) is 16.2 Å². The maximum atomic E-state index is 12.2. The number of carbonyl (C=O) groups excluding carboxylic acids is 1. The minimum atomic E-state index is -3.79. The smallest absolute Gasteiger partial charge is 0.262 e. The first-order valence-corrected chi connectivity index (χ1v) is 10.2. The number of thiophene rings is 1. The van der Waals surface area contributed by atoms with E-state index in [4.69, 9.17) is 10.7 Å². The molecule has 0 atom stereocenters. The summed E-state index contributed by atoms with van der Waals surface area (Å²) >= 11 is 1.16. The Morgan fingerprint density at radius 2 is 2.00 bits per heavy atom. The molecule has 0 bridgehead atoms. The van der Waals surface area contributed by atoms with Crippen LogP contribution in [0.3, 0.4) is 0 Å². The Hall–Kier alpha value is -0.590. The molecule has 1 amide bonds. The first kappa shape index (κ1) is 16.8. The van der Waals surface area contributed by atoms with Gasteiger partial charge < -0.3 is 5.32 Å². The normalized spacial score (nSPS) is 18.4. The number of aryl methyl sites for hydroxylation is 1. The van der Waals surface area contributed by atoms with Gasteiger partial charge in [0.2, 0.25) is 0 Å². The zero-order chi connectivity index (χ0) is 15.7. The third-order valence-electron chi connectivity index (χ3n) is 4.10. The van der Waals surface area contributed by atoms with Gasteiger partial charge in [-0.2, -0.15) is 0 Å². The largest absolute Gasteiger partial charge is 0.351 e. The van der Waals surface area contributed by atoms with Crippen LogP contribution in [0, 0.1) is 12.3 Å². The molecule has 1 heterocycles. The average Bonchev–Trinajstić information content (AvgIpc) is 2.79. The fraction of sp³-hybridized carbons (Fsp3) is 0.643. The summed E-state index contributed by atoms with van der Waals surface area (Å²) in [5.41, 5.74) is 0.154. The highest BCUT2D eigenvalue weighted by atomic mass is 35.7. The summed E-state index contributed by atoms with van der Waals surface area (Å²) in [4.78, 5) is 13.1. The molecule has 1 N–H and O–H groups in total. The van der Waals surface area contributed by atoms with Crippen LogP contribution < -0.4 is 5.32 Å². The molecule has 4 nitrogen and oxygen atoms in total. The zero-order valence-corrected chi connectivity index (χ0v) is 14.6. The Morgan fingerprint density at radius 3 is 2.52 bits per heavy atom. The number of rotatable bonds is 4. The molecule has 2 rings (SSSR count). The lowest BCUT2D eigenvalue weighted by Gasteiger charge is -2.33. The van der Waals surface area contributed by atoms with Gasteiger partial charge in [0.05, 0.1) is 9.77 Å². The van der Waals surface area contributed by atoms with Crippen molar-refractivity contribution in [2.45, 2.75) is 50.8 Å². The molecule has 1 aromatic heterocycles. The van der Waals surface area contributed by atoms with Crippen LogP contribution in [0.4, 0.5) is 0 Å². The quantitative estimate of drug-likeness (QED) is 0.843. The number of carbonyl (C=O) groups is 1. The second-order valence-corrected chi connectivity index (χ2v) is 9.81. The highest BCUT2D eigenvalue weighted by Gasteiger charge is 2.28. The van der Waals surface area contributed by atoms with Gasteiger partial charge >= 0.3 is 0 Å². The summed E-state index contributed by atoms with van der Waals surface area (Å²) in [6.45, 7) is 4.48. The van der Waals surface area contributed by atoms with Gasteiger partial charge in [-0.05, 0) is 31.2 Å². The van der Waals surface area contributed by atoms with Crippen LogP contribution in [0.1, 0.15) is 53.6 Å². The van der Waals surface area contributed by atoms with Crippen LogP contribution in [0.25, 0.3) is 0 Å². The van der Waals surface area contributed by atoms with E-state index in [1.165, 1.54) is 25.3 Å². The van der Waals surface area contributed by atoms with Crippen LogP contribution >= 0.6 is 22.0 Å². The van der Waals surface area contributed by atoms with E-state index in [0.29, 0.717) is 16.3 Å². The zero-order valence-electron chi connectivity index (χ0n) is 12.2. The maximum absolute atomic E-state index is 12.2. The number of amides is 1. The van der Waals surface area contributed by atoms with Crippen molar-refractivity contribution in [3.05, 3.63) is 15.8 Å². The van der Waals surface area contributed by atoms with E-state index in [1.807, 2.05) is 0 Å². The van der Waals surface area contributed by atoms with Crippen LogP contribution in [0.5, 0.6) is 0 Å². The molecule has 0 aliphatic heterocycles. The third kappa shape index (κ3) is 4.20. The van der Waals surface area contributed by atoms with Crippen molar-refractivity contribution >= 4 is 37.0 Å². The van der Waals surface area contributed by atoms with E-state index in [2.05, 4.69) is 12.2 Å². The van der Waals surface area contributed by atoms with Crippen molar-refractivity contribution < 1.29 is 13.2 Å². The molecule has 7 heteroatoms. The van der Waals surface area contributed by atoms with Gasteiger partial charge in [0.15, 0.2) is 0 Å². The predicted molar refractivity (Wildman–Crippen MR) is 85.6 cm³/mol. The summed E-state index contributed by atoms with van der Waals surface area (Å²) in [7, 11) is 1.56. The molecule has 1 saturated carbocycles. The monoisotopic (exact) mass is 349 g/mol. The Morgan fingerprint density at radius 1 is 1.38 bits per heavy atom. The summed E-state index contributed by atoms with van der Waals surface area (Å²) in [6, 6.07) is 1.36. The molecule has 0 radical (unpaired) electrons. The van der Waals surface area contributed by atoms with Crippen molar-refractivity contribution in [2.24, 2.45) is 5.41 Å². The van der Waals surface area contributed by atoms with Crippen molar-refractivity contribution in [3.8, 4) is 0 Å². The molecule has 1 aliphatic rings. The Balaban J connectivity index is 2.04. The average molecular weight is 350 g/mol.